The first-order valence-corrected chi connectivity index (χ1v) is 26.2. The molecule has 0 aromatic carbocycles. The summed E-state index contributed by atoms with van der Waals surface area (Å²) in [7, 11) is 0. The monoisotopic (exact) mass is 870 g/mol. The van der Waals surface area contributed by atoms with Crippen molar-refractivity contribution in [3.05, 3.63) is 122 Å². The van der Waals surface area contributed by atoms with Gasteiger partial charge in [0.1, 0.15) is 0 Å². The lowest BCUT2D eigenvalue weighted by molar-refractivity contribution is -0.123. The Hall–Kier alpha value is -3.21. The third-order valence-corrected chi connectivity index (χ3v) is 11.2. The predicted octanol–water partition coefficient (Wildman–Crippen LogP) is 17.3. The van der Waals surface area contributed by atoms with E-state index in [0.717, 1.165) is 83.5 Å². The number of hydrogen-bond donors (Lipinski definition) is 3. The van der Waals surface area contributed by atoms with Crippen LogP contribution in [0.25, 0.3) is 0 Å². The first kappa shape index (κ1) is 59.8. The predicted molar refractivity (Wildman–Crippen MR) is 280 cm³/mol. The minimum Gasteiger partial charge on any atom is -0.394 e. The lowest BCUT2D eigenvalue weighted by Crippen LogP contribution is -2.45. The minimum atomic E-state index is -0.843. The number of carbonyl (C=O) groups excluding carboxylic acids is 1. The highest BCUT2D eigenvalue weighted by molar-refractivity contribution is 5.76. The van der Waals surface area contributed by atoms with Gasteiger partial charge in [0.15, 0.2) is 0 Å². The summed E-state index contributed by atoms with van der Waals surface area (Å²) in [4.78, 5) is 12.4. The zero-order valence-corrected chi connectivity index (χ0v) is 41.0. The van der Waals surface area contributed by atoms with Crippen LogP contribution in [0.2, 0.25) is 0 Å². The molecule has 0 aliphatic rings. The zero-order chi connectivity index (χ0) is 45.6. The van der Waals surface area contributed by atoms with Gasteiger partial charge in [-0.15, -0.1) is 0 Å². The van der Waals surface area contributed by atoms with Crippen LogP contribution < -0.4 is 5.32 Å². The van der Waals surface area contributed by atoms with Crippen LogP contribution in [0.15, 0.2) is 122 Å². The van der Waals surface area contributed by atoms with Gasteiger partial charge in [-0.3, -0.25) is 4.79 Å². The maximum Gasteiger partial charge on any atom is 0.220 e. The maximum absolute atomic E-state index is 12.4. The van der Waals surface area contributed by atoms with Crippen LogP contribution in [-0.2, 0) is 4.79 Å². The summed E-state index contributed by atoms with van der Waals surface area (Å²) in [6, 6.07) is -0.627. The van der Waals surface area contributed by atoms with Gasteiger partial charge in [-0.05, 0) is 89.9 Å². The van der Waals surface area contributed by atoms with E-state index in [1.165, 1.54) is 122 Å². The average molecular weight is 870 g/mol. The molecule has 0 spiro atoms. The highest BCUT2D eigenvalue weighted by atomic mass is 16.3. The molecule has 0 heterocycles. The van der Waals surface area contributed by atoms with E-state index in [1.807, 2.05) is 6.08 Å². The molecule has 358 valence electrons. The Bertz CT molecular complexity index is 1260. The molecular formula is C59H99NO3. The number of amides is 1. The zero-order valence-electron chi connectivity index (χ0n) is 41.0. The molecule has 63 heavy (non-hydrogen) atoms. The van der Waals surface area contributed by atoms with E-state index in [1.54, 1.807) is 6.08 Å². The fourth-order valence-corrected chi connectivity index (χ4v) is 7.23. The largest absolute Gasteiger partial charge is 0.394 e. The van der Waals surface area contributed by atoms with E-state index in [9.17, 15) is 15.0 Å². The Morgan fingerprint density at radius 2 is 0.698 bits per heavy atom. The normalized spacial score (nSPS) is 13.9. The summed E-state index contributed by atoms with van der Waals surface area (Å²) in [5, 5.41) is 23.0. The number of hydrogen-bond acceptors (Lipinski definition) is 3. The van der Waals surface area contributed by atoms with Crippen molar-refractivity contribution in [3.63, 3.8) is 0 Å². The number of nitrogens with one attached hydrogen (secondary N) is 1. The summed E-state index contributed by atoms with van der Waals surface area (Å²) in [5.41, 5.74) is 0. The maximum atomic E-state index is 12.4. The number of aliphatic hydroxyl groups is 2. The standard InChI is InChI=1S/C59H99NO3/c1-3-5-7-9-11-13-15-16-17-18-19-20-21-22-23-24-25-26-27-28-29-30-31-32-33-34-35-36-37-38-39-40-41-42-43-44-45-47-49-51-53-55-59(63)60-57(56-61)58(62)54-52-50-48-46-14-12-10-8-6-4-2/h5,7,11,13,16-17,19-20,22-23,25-26,28-29,31-32,34-35,52,54,57-58,61-62H,3-4,6,8-10,12,14-15,18,21,24,27,30,33,36-51,53,55-56H2,1-2H3,(H,60,63)/b7-5-,13-11-,17-16-,20-19-,23-22-,26-25-,29-28-,32-31-,35-34-,54-52+. The Kier molecular flexibility index (Phi) is 50.4. The SMILES string of the molecule is CC/C=C\C/C=C\C/C=C\C/C=C\C/C=C\C/C=C\C/C=C\C/C=C\C/C=C\CCCCCCCCCCCCCCCC(=O)NC(CO)C(O)/C=C/CCCCCCCCCC. The van der Waals surface area contributed by atoms with Crippen molar-refractivity contribution in [2.75, 3.05) is 6.61 Å². The Morgan fingerprint density at radius 1 is 0.397 bits per heavy atom. The number of unbranched alkanes of at least 4 members (excludes halogenated alkanes) is 21. The molecule has 0 rings (SSSR count). The van der Waals surface area contributed by atoms with Crippen molar-refractivity contribution < 1.29 is 15.0 Å². The molecule has 0 fully saturated rings. The smallest absolute Gasteiger partial charge is 0.220 e. The molecular weight excluding hydrogens is 771 g/mol. The highest BCUT2D eigenvalue weighted by Gasteiger charge is 2.17. The molecule has 0 saturated heterocycles. The van der Waals surface area contributed by atoms with Gasteiger partial charge in [0.05, 0.1) is 18.8 Å². The molecule has 0 aromatic heterocycles. The number of carbonyl (C=O) groups is 1. The molecule has 0 aliphatic carbocycles. The van der Waals surface area contributed by atoms with Crippen molar-refractivity contribution in [2.45, 2.75) is 238 Å². The molecule has 2 unspecified atom stereocenters. The van der Waals surface area contributed by atoms with Crippen LogP contribution >= 0.6 is 0 Å². The molecule has 0 aromatic rings. The second-order valence-corrected chi connectivity index (χ2v) is 17.2. The summed E-state index contributed by atoms with van der Waals surface area (Å²) in [5.74, 6) is -0.0720. The number of aliphatic hydroxyl groups excluding tert-OH is 2. The van der Waals surface area contributed by atoms with Gasteiger partial charge in [-0.1, -0.05) is 251 Å². The number of rotatable bonds is 46. The van der Waals surface area contributed by atoms with Crippen LogP contribution in [-0.4, -0.2) is 34.9 Å². The highest BCUT2D eigenvalue weighted by Crippen LogP contribution is 2.14. The summed E-state index contributed by atoms with van der Waals surface area (Å²) in [6.07, 6.45) is 82.0. The van der Waals surface area contributed by atoms with Gasteiger partial charge >= 0.3 is 0 Å². The molecule has 3 N–H and O–H groups in total. The Balaban J connectivity index is 3.56. The van der Waals surface area contributed by atoms with E-state index < -0.39 is 12.1 Å². The summed E-state index contributed by atoms with van der Waals surface area (Å²) in [6.45, 7) is 4.16. The van der Waals surface area contributed by atoms with Crippen molar-refractivity contribution in [3.8, 4) is 0 Å². The van der Waals surface area contributed by atoms with Gasteiger partial charge in [0.25, 0.3) is 0 Å². The van der Waals surface area contributed by atoms with Crippen LogP contribution in [0.4, 0.5) is 0 Å². The van der Waals surface area contributed by atoms with E-state index >= 15 is 0 Å². The second-order valence-electron chi connectivity index (χ2n) is 17.2. The third-order valence-electron chi connectivity index (χ3n) is 11.2. The van der Waals surface area contributed by atoms with E-state index in [0.29, 0.717) is 6.42 Å². The second kappa shape index (κ2) is 53.1. The molecule has 1 amide bonds. The topological polar surface area (TPSA) is 69.6 Å². The molecule has 0 radical (unpaired) electrons. The Labute approximate surface area is 390 Å². The van der Waals surface area contributed by atoms with Crippen molar-refractivity contribution in [1.82, 2.24) is 5.32 Å². The molecule has 2 atom stereocenters. The van der Waals surface area contributed by atoms with Crippen molar-refractivity contribution >= 4 is 5.91 Å². The van der Waals surface area contributed by atoms with E-state index in [2.05, 4.69) is 129 Å². The van der Waals surface area contributed by atoms with Crippen LogP contribution in [0, 0.1) is 0 Å². The lowest BCUT2D eigenvalue weighted by Gasteiger charge is -2.20. The van der Waals surface area contributed by atoms with Gasteiger partial charge in [-0.2, -0.15) is 0 Å². The molecule has 0 bridgehead atoms. The first-order chi connectivity index (χ1) is 31.2. The fourth-order valence-electron chi connectivity index (χ4n) is 7.23. The summed E-state index contributed by atoms with van der Waals surface area (Å²) >= 11 is 0. The minimum absolute atomic E-state index is 0.0720. The molecule has 0 saturated carbocycles. The van der Waals surface area contributed by atoms with Gasteiger partial charge in [0.2, 0.25) is 5.91 Å². The van der Waals surface area contributed by atoms with Crippen molar-refractivity contribution in [1.29, 1.82) is 0 Å². The first-order valence-electron chi connectivity index (χ1n) is 26.2. The lowest BCUT2D eigenvalue weighted by atomic mass is 10.0. The van der Waals surface area contributed by atoms with Crippen LogP contribution in [0.3, 0.4) is 0 Å². The molecule has 4 nitrogen and oxygen atoms in total. The van der Waals surface area contributed by atoms with Crippen LogP contribution in [0.5, 0.6) is 0 Å². The van der Waals surface area contributed by atoms with E-state index in [4.69, 9.17) is 0 Å². The number of allylic oxidation sites excluding steroid dienone is 19. The molecule has 4 heteroatoms. The van der Waals surface area contributed by atoms with Crippen LogP contribution in [0.1, 0.15) is 226 Å². The average Bonchev–Trinajstić information content (AvgIpc) is 3.29. The Morgan fingerprint density at radius 3 is 1.05 bits per heavy atom. The van der Waals surface area contributed by atoms with Gasteiger partial charge in [0, 0.05) is 6.42 Å². The fraction of sp³-hybridized carbons (Fsp3) is 0.644. The van der Waals surface area contributed by atoms with Gasteiger partial charge in [-0.25, -0.2) is 0 Å². The third kappa shape index (κ3) is 49.7. The van der Waals surface area contributed by atoms with Gasteiger partial charge < -0.3 is 15.5 Å². The van der Waals surface area contributed by atoms with E-state index in [-0.39, 0.29) is 12.5 Å². The summed E-state index contributed by atoms with van der Waals surface area (Å²) < 4.78 is 0. The quantitative estimate of drug-likeness (QED) is 0.0422. The van der Waals surface area contributed by atoms with Crippen molar-refractivity contribution in [2.24, 2.45) is 0 Å². The molecule has 0 aliphatic heterocycles.